The molecule has 160 valence electrons. The number of nitrogens with one attached hydrogen (secondary N) is 2. The van der Waals surface area contributed by atoms with E-state index in [2.05, 4.69) is 48.3 Å². The summed E-state index contributed by atoms with van der Waals surface area (Å²) < 4.78 is 7.19. The van der Waals surface area contributed by atoms with E-state index in [4.69, 9.17) is 9.73 Å². The number of ether oxygens (including phenoxy) is 1. The van der Waals surface area contributed by atoms with Gasteiger partial charge in [-0.05, 0) is 65.6 Å². The van der Waals surface area contributed by atoms with Gasteiger partial charge in [0.05, 0.1) is 25.4 Å². The van der Waals surface area contributed by atoms with E-state index in [1.54, 1.807) is 7.11 Å². The molecule has 0 bridgehead atoms. The van der Waals surface area contributed by atoms with Crippen molar-refractivity contribution in [2.24, 2.45) is 10.9 Å². The first-order valence-corrected chi connectivity index (χ1v) is 10.8. The average molecular weight is 393 g/mol. The van der Waals surface area contributed by atoms with Gasteiger partial charge in [0.1, 0.15) is 0 Å². The molecular formula is C21H40N6O. The molecule has 1 saturated heterocycles. The molecule has 1 aromatic heterocycles. The first-order valence-electron chi connectivity index (χ1n) is 10.8. The van der Waals surface area contributed by atoms with E-state index < -0.39 is 0 Å². The van der Waals surface area contributed by atoms with Crippen LogP contribution in [0.4, 0.5) is 0 Å². The molecule has 0 aromatic carbocycles. The summed E-state index contributed by atoms with van der Waals surface area (Å²) in [5.74, 6) is 1.78. The minimum absolute atomic E-state index is 0.643. The Balaban J connectivity index is 1.82. The third kappa shape index (κ3) is 7.09. The van der Waals surface area contributed by atoms with Gasteiger partial charge in [-0.15, -0.1) is 0 Å². The summed E-state index contributed by atoms with van der Waals surface area (Å²) in [6, 6.07) is 0. The van der Waals surface area contributed by atoms with Gasteiger partial charge in [-0.1, -0.05) is 6.92 Å². The predicted octanol–water partition coefficient (Wildman–Crippen LogP) is 2.32. The third-order valence-electron chi connectivity index (χ3n) is 5.60. The summed E-state index contributed by atoms with van der Waals surface area (Å²) in [5.41, 5.74) is 3.43. The number of nitrogens with zero attached hydrogens (tertiary/aromatic N) is 4. The summed E-state index contributed by atoms with van der Waals surface area (Å²) in [6.07, 6.45) is 3.83. The number of likely N-dealkylation sites (tertiary alicyclic amines) is 1. The molecule has 7 nitrogen and oxygen atoms in total. The molecule has 0 aliphatic carbocycles. The Morgan fingerprint density at radius 2 is 1.96 bits per heavy atom. The third-order valence-corrected chi connectivity index (χ3v) is 5.60. The van der Waals surface area contributed by atoms with Crippen molar-refractivity contribution >= 4 is 5.96 Å². The van der Waals surface area contributed by atoms with Crippen LogP contribution in [0.15, 0.2) is 4.99 Å². The van der Waals surface area contributed by atoms with Gasteiger partial charge in [-0.25, -0.2) is 4.99 Å². The standard InChI is InChI=1S/C21H40N6O/c1-6-22-21(23-10-7-11-26-12-8-17(2)9-13-26)24-16-20-18(3)25-27(19(20)4)14-15-28-5/h17H,6-16H2,1-5H3,(H2,22,23,24). The van der Waals surface area contributed by atoms with E-state index in [0.29, 0.717) is 13.2 Å². The van der Waals surface area contributed by atoms with E-state index in [1.165, 1.54) is 43.7 Å². The van der Waals surface area contributed by atoms with Crippen molar-refractivity contribution in [1.82, 2.24) is 25.3 Å². The first kappa shape index (κ1) is 22.7. The minimum Gasteiger partial charge on any atom is -0.383 e. The molecule has 1 aromatic rings. The lowest BCUT2D eigenvalue weighted by Gasteiger charge is -2.30. The second-order valence-electron chi connectivity index (χ2n) is 7.86. The molecule has 0 amide bonds. The maximum absolute atomic E-state index is 5.17. The number of aromatic nitrogens is 2. The Bertz CT molecular complexity index is 604. The van der Waals surface area contributed by atoms with Crippen LogP contribution >= 0.6 is 0 Å². The molecule has 0 saturated carbocycles. The molecule has 2 heterocycles. The van der Waals surface area contributed by atoms with Crippen LogP contribution in [0.1, 0.15) is 50.1 Å². The Kier molecular flexibility index (Phi) is 9.78. The van der Waals surface area contributed by atoms with E-state index in [0.717, 1.165) is 43.6 Å². The highest BCUT2D eigenvalue weighted by Gasteiger charge is 2.15. The largest absolute Gasteiger partial charge is 0.383 e. The molecule has 28 heavy (non-hydrogen) atoms. The molecule has 0 radical (unpaired) electrons. The number of guanidine groups is 1. The number of aryl methyl sites for hydroxylation is 1. The van der Waals surface area contributed by atoms with Crippen LogP contribution in [0, 0.1) is 19.8 Å². The number of hydrogen-bond donors (Lipinski definition) is 2. The van der Waals surface area contributed by atoms with Gasteiger partial charge >= 0.3 is 0 Å². The number of rotatable bonds is 10. The van der Waals surface area contributed by atoms with Crippen molar-refractivity contribution < 1.29 is 4.74 Å². The molecule has 0 atom stereocenters. The maximum Gasteiger partial charge on any atom is 0.191 e. The van der Waals surface area contributed by atoms with Crippen molar-refractivity contribution in [2.45, 2.75) is 60.0 Å². The van der Waals surface area contributed by atoms with Crippen LogP contribution in [0.2, 0.25) is 0 Å². The number of piperidine rings is 1. The Labute approximate surface area is 170 Å². The number of aliphatic imine (C=N–C) groups is 1. The fraction of sp³-hybridized carbons (Fsp3) is 0.810. The van der Waals surface area contributed by atoms with Gasteiger partial charge in [0, 0.05) is 31.5 Å². The normalized spacial score (nSPS) is 16.5. The first-order chi connectivity index (χ1) is 13.5. The highest BCUT2D eigenvalue weighted by atomic mass is 16.5. The summed E-state index contributed by atoms with van der Waals surface area (Å²) in [6.45, 7) is 16.2. The molecular weight excluding hydrogens is 352 g/mol. The SMILES string of the molecule is CCNC(=NCc1c(C)nn(CCOC)c1C)NCCCN1CCC(C)CC1. The average Bonchev–Trinajstić information content (AvgIpc) is 2.96. The summed E-state index contributed by atoms with van der Waals surface area (Å²) in [7, 11) is 1.72. The van der Waals surface area contributed by atoms with Gasteiger partial charge in [0.15, 0.2) is 5.96 Å². The molecule has 1 aliphatic heterocycles. The second kappa shape index (κ2) is 12.1. The Morgan fingerprint density at radius 1 is 1.21 bits per heavy atom. The van der Waals surface area contributed by atoms with Crippen LogP contribution in [0.5, 0.6) is 0 Å². The number of methoxy groups -OCH3 is 1. The van der Waals surface area contributed by atoms with Crippen molar-refractivity contribution in [3.05, 3.63) is 17.0 Å². The van der Waals surface area contributed by atoms with Gasteiger partial charge in [-0.3, -0.25) is 4.68 Å². The van der Waals surface area contributed by atoms with Crippen molar-refractivity contribution in [2.75, 3.05) is 46.4 Å². The van der Waals surface area contributed by atoms with Gasteiger partial charge in [0.25, 0.3) is 0 Å². The van der Waals surface area contributed by atoms with E-state index >= 15 is 0 Å². The van der Waals surface area contributed by atoms with E-state index in [-0.39, 0.29) is 0 Å². The topological polar surface area (TPSA) is 66.7 Å². The van der Waals surface area contributed by atoms with Crippen LogP contribution < -0.4 is 10.6 Å². The maximum atomic E-state index is 5.17. The Hall–Kier alpha value is -1.60. The summed E-state index contributed by atoms with van der Waals surface area (Å²) in [5, 5.41) is 11.5. The molecule has 2 rings (SSSR count). The van der Waals surface area contributed by atoms with Crippen LogP contribution in [-0.4, -0.2) is 67.1 Å². The Morgan fingerprint density at radius 3 is 2.64 bits per heavy atom. The van der Waals surface area contributed by atoms with Gasteiger partial charge < -0.3 is 20.3 Å². The zero-order valence-corrected chi connectivity index (χ0v) is 18.6. The van der Waals surface area contributed by atoms with Crippen molar-refractivity contribution in [1.29, 1.82) is 0 Å². The molecule has 1 aliphatic rings. The van der Waals surface area contributed by atoms with Crippen LogP contribution in [-0.2, 0) is 17.8 Å². The molecule has 1 fully saturated rings. The highest BCUT2D eigenvalue weighted by Crippen LogP contribution is 2.16. The zero-order valence-electron chi connectivity index (χ0n) is 18.6. The summed E-state index contributed by atoms with van der Waals surface area (Å²) >= 11 is 0. The lowest BCUT2D eigenvalue weighted by Crippen LogP contribution is -2.39. The minimum atomic E-state index is 0.643. The predicted molar refractivity (Wildman–Crippen MR) is 116 cm³/mol. The van der Waals surface area contributed by atoms with Gasteiger partial charge in [-0.2, -0.15) is 5.10 Å². The zero-order chi connectivity index (χ0) is 20.4. The number of hydrogen-bond acceptors (Lipinski definition) is 4. The van der Waals surface area contributed by atoms with Crippen LogP contribution in [0.25, 0.3) is 0 Å². The molecule has 0 unspecified atom stereocenters. The highest BCUT2D eigenvalue weighted by molar-refractivity contribution is 5.79. The summed E-state index contributed by atoms with van der Waals surface area (Å²) in [4.78, 5) is 7.38. The van der Waals surface area contributed by atoms with Gasteiger partial charge in [0.2, 0.25) is 0 Å². The quantitative estimate of drug-likeness (QED) is 0.363. The second-order valence-corrected chi connectivity index (χ2v) is 7.86. The van der Waals surface area contributed by atoms with Crippen molar-refractivity contribution in [3.63, 3.8) is 0 Å². The lowest BCUT2D eigenvalue weighted by atomic mass is 9.99. The fourth-order valence-corrected chi connectivity index (χ4v) is 3.65. The molecule has 2 N–H and O–H groups in total. The fourth-order valence-electron chi connectivity index (χ4n) is 3.65. The lowest BCUT2D eigenvalue weighted by molar-refractivity contribution is 0.182. The molecule has 7 heteroatoms. The van der Waals surface area contributed by atoms with Crippen LogP contribution in [0.3, 0.4) is 0 Å². The van der Waals surface area contributed by atoms with E-state index in [1.807, 2.05) is 4.68 Å². The van der Waals surface area contributed by atoms with Crippen molar-refractivity contribution in [3.8, 4) is 0 Å². The smallest absolute Gasteiger partial charge is 0.191 e. The molecule has 0 spiro atoms. The van der Waals surface area contributed by atoms with E-state index in [9.17, 15) is 0 Å². The monoisotopic (exact) mass is 392 g/mol.